The fourth-order valence-electron chi connectivity index (χ4n) is 2.15. The van der Waals surface area contributed by atoms with Crippen LogP contribution in [0.25, 0.3) is 0 Å². The molecular weight excluding hydrogens is 374 g/mol. The molecule has 0 unspecified atom stereocenters. The molecular formula is C18H20BrNO4. The minimum absolute atomic E-state index is 0.0914. The summed E-state index contributed by atoms with van der Waals surface area (Å²) in [4.78, 5) is 12.2. The number of ether oxygens (including phenoxy) is 3. The van der Waals surface area contributed by atoms with E-state index < -0.39 is 0 Å². The van der Waals surface area contributed by atoms with Crippen LogP contribution in [-0.4, -0.2) is 26.7 Å². The Morgan fingerprint density at radius 1 is 1.04 bits per heavy atom. The van der Waals surface area contributed by atoms with Crippen molar-refractivity contribution in [2.45, 2.75) is 13.8 Å². The molecule has 24 heavy (non-hydrogen) atoms. The molecule has 5 nitrogen and oxygen atoms in total. The third-order valence-electron chi connectivity index (χ3n) is 3.45. The Hall–Kier alpha value is -2.21. The second kappa shape index (κ2) is 8.06. The average molecular weight is 394 g/mol. The molecule has 0 aliphatic rings. The normalized spacial score (nSPS) is 10.2. The Labute approximate surface area is 150 Å². The van der Waals surface area contributed by atoms with E-state index in [1.807, 2.05) is 32.0 Å². The van der Waals surface area contributed by atoms with Crippen LogP contribution in [0.2, 0.25) is 0 Å². The molecule has 0 aromatic heterocycles. The lowest BCUT2D eigenvalue weighted by molar-refractivity contribution is -0.118. The first kappa shape index (κ1) is 18.1. The lowest BCUT2D eigenvalue weighted by Crippen LogP contribution is -2.20. The van der Waals surface area contributed by atoms with Crippen LogP contribution < -0.4 is 19.5 Å². The number of methoxy groups -OCH3 is 2. The number of halogens is 1. The molecule has 0 saturated heterocycles. The van der Waals surface area contributed by atoms with E-state index >= 15 is 0 Å². The maximum absolute atomic E-state index is 12.2. The van der Waals surface area contributed by atoms with Gasteiger partial charge in [-0.3, -0.25) is 4.79 Å². The average Bonchev–Trinajstić information content (AvgIpc) is 2.56. The molecule has 0 heterocycles. The maximum atomic E-state index is 12.2. The summed E-state index contributed by atoms with van der Waals surface area (Å²) in [5.41, 5.74) is 2.58. The monoisotopic (exact) mass is 393 g/mol. The number of anilines is 1. The highest BCUT2D eigenvalue weighted by atomic mass is 79.9. The molecule has 0 bridgehead atoms. The summed E-state index contributed by atoms with van der Waals surface area (Å²) in [5, 5.41) is 2.78. The molecule has 1 amide bonds. The van der Waals surface area contributed by atoms with Gasteiger partial charge in [-0.25, -0.2) is 0 Å². The summed E-state index contributed by atoms with van der Waals surface area (Å²) in [6.07, 6.45) is 0. The van der Waals surface area contributed by atoms with E-state index in [0.29, 0.717) is 22.9 Å². The number of rotatable bonds is 6. The molecule has 2 rings (SSSR count). The Morgan fingerprint density at radius 3 is 2.42 bits per heavy atom. The first-order valence-corrected chi connectivity index (χ1v) is 8.15. The predicted octanol–water partition coefficient (Wildman–Crippen LogP) is 4.10. The summed E-state index contributed by atoms with van der Waals surface area (Å²) in [7, 11) is 3.10. The van der Waals surface area contributed by atoms with Crippen LogP contribution in [-0.2, 0) is 4.79 Å². The largest absolute Gasteiger partial charge is 0.495 e. The molecule has 0 spiro atoms. The van der Waals surface area contributed by atoms with Crippen molar-refractivity contribution in [2.75, 3.05) is 26.1 Å². The van der Waals surface area contributed by atoms with E-state index in [0.717, 1.165) is 15.6 Å². The molecule has 2 aromatic carbocycles. The van der Waals surface area contributed by atoms with Gasteiger partial charge in [-0.2, -0.15) is 0 Å². The third-order valence-corrected chi connectivity index (χ3v) is 4.07. The second-order valence-electron chi connectivity index (χ2n) is 5.29. The van der Waals surface area contributed by atoms with E-state index in [1.54, 1.807) is 19.2 Å². The highest BCUT2D eigenvalue weighted by molar-refractivity contribution is 9.10. The summed E-state index contributed by atoms with van der Waals surface area (Å²) >= 11 is 3.38. The molecule has 0 atom stereocenters. The Morgan fingerprint density at radius 2 is 1.75 bits per heavy atom. The standard InChI is InChI=1S/C18H20BrNO4/c1-11-5-6-12(2)15(7-11)24-10-18(21)20-14-9-16(22-3)13(19)8-17(14)23-4/h5-9H,10H2,1-4H3,(H,20,21). The van der Waals surface area contributed by atoms with E-state index in [2.05, 4.69) is 21.2 Å². The topological polar surface area (TPSA) is 56.8 Å². The molecule has 0 radical (unpaired) electrons. The van der Waals surface area contributed by atoms with Crippen LogP contribution in [0.1, 0.15) is 11.1 Å². The Balaban J connectivity index is 2.08. The molecule has 0 aliphatic heterocycles. The Bertz CT molecular complexity index is 746. The fraction of sp³-hybridized carbons (Fsp3) is 0.278. The van der Waals surface area contributed by atoms with Gasteiger partial charge in [-0.05, 0) is 47.0 Å². The number of benzene rings is 2. The van der Waals surface area contributed by atoms with Crippen molar-refractivity contribution in [1.82, 2.24) is 0 Å². The number of carbonyl (C=O) groups excluding carboxylic acids is 1. The van der Waals surface area contributed by atoms with E-state index in [1.165, 1.54) is 7.11 Å². The van der Waals surface area contributed by atoms with E-state index in [9.17, 15) is 4.79 Å². The molecule has 0 aliphatic carbocycles. The number of hydrogen-bond acceptors (Lipinski definition) is 4. The van der Waals surface area contributed by atoms with Gasteiger partial charge in [0, 0.05) is 12.1 Å². The van der Waals surface area contributed by atoms with Crippen molar-refractivity contribution in [3.8, 4) is 17.2 Å². The summed E-state index contributed by atoms with van der Waals surface area (Å²) in [6.45, 7) is 3.83. The number of amides is 1. The number of hydrogen-bond donors (Lipinski definition) is 1. The van der Waals surface area contributed by atoms with Crippen LogP contribution in [0.4, 0.5) is 5.69 Å². The summed E-state index contributed by atoms with van der Waals surface area (Å²) in [6, 6.07) is 9.30. The van der Waals surface area contributed by atoms with Gasteiger partial charge in [0.25, 0.3) is 5.91 Å². The van der Waals surface area contributed by atoms with Gasteiger partial charge in [0.05, 0.1) is 24.4 Å². The van der Waals surface area contributed by atoms with Crippen molar-refractivity contribution in [1.29, 1.82) is 0 Å². The number of aryl methyl sites for hydroxylation is 2. The van der Waals surface area contributed by atoms with Gasteiger partial charge < -0.3 is 19.5 Å². The van der Waals surface area contributed by atoms with Gasteiger partial charge in [0.15, 0.2) is 6.61 Å². The lowest BCUT2D eigenvalue weighted by atomic mass is 10.1. The van der Waals surface area contributed by atoms with Gasteiger partial charge in [-0.15, -0.1) is 0 Å². The second-order valence-corrected chi connectivity index (χ2v) is 6.15. The van der Waals surface area contributed by atoms with Crippen LogP contribution in [0.3, 0.4) is 0 Å². The molecule has 0 fully saturated rings. The highest BCUT2D eigenvalue weighted by Gasteiger charge is 2.13. The van der Waals surface area contributed by atoms with Gasteiger partial charge >= 0.3 is 0 Å². The Kier molecular flexibility index (Phi) is 6.09. The zero-order chi connectivity index (χ0) is 17.7. The molecule has 2 aromatic rings. The predicted molar refractivity (Wildman–Crippen MR) is 97.3 cm³/mol. The molecule has 1 N–H and O–H groups in total. The van der Waals surface area contributed by atoms with Crippen molar-refractivity contribution >= 4 is 27.5 Å². The van der Waals surface area contributed by atoms with Gasteiger partial charge in [0.2, 0.25) is 0 Å². The molecule has 0 saturated carbocycles. The van der Waals surface area contributed by atoms with Gasteiger partial charge in [-0.1, -0.05) is 12.1 Å². The maximum Gasteiger partial charge on any atom is 0.262 e. The summed E-state index contributed by atoms with van der Waals surface area (Å²) in [5.74, 6) is 1.55. The summed E-state index contributed by atoms with van der Waals surface area (Å²) < 4.78 is 16.9. The smallest absolute Gasteiger partial charge is 0.262 e. The molecule has 128 valence electrons. The van der Waals surface area contributed by atoms with Crippen LogP contribution in [0.5, 0.6) is 17.2 Å². The zero-order valence-electron chi connectivity index (χ0n) is 14.1. The lowest BCUT2D eigenvalue weighted by Gasteiger charge is -2.14. The van der Waals surface area contributed by atoms with Crippen LogP contribution >= 0.6 is 15.9 Å². The SMILES string of the molecule is COc1cc(NC(=O)COc2cc(C)ccc2C)c(OC)cc1Br. The number of nitrogens with one attached hydrogen (secondary N) is 1. The molecule has 6 heteroatoms. The fourth-order valence-corrected chi connectivity index (χ4v) is 2.63. The third kappa shape index (κ3) is 4.41. The zero-order valence-corrected chi connectivity index (χ0v) is 15.7. The van der Waals surface area contributed by atoms with Crippen molar-refractivity contribution in [3.05, 3.63) is 45.9 Å². The van der Waals surface area contributed by atoms with E-state index in [-0.39, 0.29) is 12.5 Å². The van der Waals surface area contributed by atoms with Gasteiger partial charge in [0.1, 0.15) is 17.2 Å². The quantitative estimate of drug-likeness (QED) is 0.802. The van der Waals surface area contributed by atoms with Crippen molar-refractivity contribution < 1.29 is 19.0 Å². The van der Waals surface area contributed by atoms with Crippen LogP contribution in [0, 0.1) is 13.8 Å². The van der Waals surface area contributed by atoms with E-state index in [4.69, 9.17) is 14.2 Å². The van der Waals surface area contributed by atoms with Crippen molar-refractivity contribution in [2.24, 2.45) is 0 Å². The first-order chi connectivity index (χ1) is 11.4. The minimum atomic E-state index is -0.279. The minimum Gasteiger partial charge on any atom is -0.495 e. The highest BCUT2D eigenvalue weighted by Crippen LogP contribution is 2.36. The first-order valence-electron chi connectivity index (χ1n) is 7.36. The number of carbonyl (C=O) groups is 1. The van der Waals surface area contributed by atoms with Crippen LogP contribution in [0.15, 0.2) is 34.8 Å². The van der Waals surface area contributed by atoms with Crippen molar-refractivity contribution in [3.63, 3.8) is 0 Å².